The molecular weight excluding hydrogens is 228 g/mol. The second-order valence-corrected chi connectivity index (χ2v) is 5.67. The van der Waals surface area contributed by atoms with E-state index in [0.29, 0.717) is 0 Å². The summed E-state index contributed by atoms with van der Waals surface area (Å²) in [5.74, 6) is -0.597. The first-order valence-corrected chi connectivity index (χ1v) is 7.40. The third-order valence-electron chi connectivity index (χ3n) is 4.74. The van der Waals surface area contributed by atoms with E-state index in [-0.39, 0.29) is 0 Å². The number of piperidine rings is 1. The van der Waals surface area contributed by atoms with Crippen molar-refractivity contribution in [3.63, 3.8) is 0 Å². The monoisotopic (exact) mass is 254 g/mol. The van der Waals surface area contributed by atoms with Crippen LogP contribution >= 0.6 is 0 Å². The van der Waals surface area contributed by atoms with E-state index in [2.05, 4.69) is 16.7 Å². The summed E-state index contributed by atoms with van der Waals surface area (Å²) in [6.45, 7) is 6.99. The van der Waals surface area contributed by atoms with Gasteiger partial charge in [0.25, 0.3) is 0 Å². The van der Waals surface area contributed by atoms with Crippen molar-refractivity contribution in [2.45, 2.75) is 51.0 Å². The highest BCUT2D eigenvalue weighted by Gasteiger charge is 2.45. The second kappa shape index (κ2) is 6.02. The fraction of sp³-hybridized carbons (Fsp3) is 0.929. The lowest BCUT2D eigenvalue weighted by Crippen LogP contribution is -2.60. The molecule has 0 saturated carbocycles. The second-order valence-electron chi connectivity index (χ2n) is 5.67. The van der Waals surface area contributed by atoms with Crippen LogP contribution in [0.5, 0.6) is 0 Å². The number of hydrogen-bond donors (Lipinski definition) is 1. The summed E-state index contributed by atoms with van der Waals surface area (Å²) < 4.78 is 0. The van der Waals surface area contributed by atoms with Gasteiger partial charge in [0.05, 0.1) is 0 Å². The Bertz CT molecular complexity index is 278. The molecule has 104 valence electrons. The lowest BCUT2D eigenvalue weighted by Gasteiger charge is -2.45. The maximum absolute atomic E-state index is 11.8. The summed E-state index contributed by atoms with van der Waals surface area (Å²) in [4.78, 5) is 16.5. The third-order valence-corrected chi connectivity index (χ3v) is 4.74. The number of carboxylic acid groups (broad SMARTS) is 1. The Morgan fingerprint density at radius 2 is 1.61 bits per heavy atom. The molecule has 1 N–H and O–H groups in total. The predicted octanol–water partition coefficient (Wildman–Crippen LogP) is 1.80. The van der Waals surface area contributed by atoms with Crippen molar-refractivity contribution in [2.24, 2.45) is 0 Å². The zero-order chi connectivity index (χ0) is 13.0. The zero-order valence-electron chi connectivity index (χ0n) is 11.5. The number of carboxylic acids is 1. The Hall–Kier alpha value is -0.610. The molecule has 2 saturated heterocycles. The average Bonchev–Trinajstić information content (AvgIpc) is 2.67. The van der Waals surface area contributed by atoms with Crippen LogP contribution in [0, 0.1) is 0 Å². The molecule has 0 unspecified atom stereocenters. The molecule has 2 aliphatic heterocycles. The molecule has 2 rings (SSSR count). The van der Waals surface area contributed by atoms with Crippen molar-refractivity contribution < 1.29 is 9.90 Å². The van der Waals surface area contributed by atoms with Crippen LogP contribution < -0.4 is 0 Å². The van der Waals surface area contributed by atoms with Crippen LogP contribution in [0.25, 0.3) is 0 Å². The molecule has 4 nitrogen and oxygen atoms in total. The minimum atomic E-state index is -0.597. The fourth-order valence-corrected chi connectivity index (χ4v) is 3.40. The van der Waals surface area contributed by atoms with E-state index < -0.39 is 11.5 Å². The Labute approximate surface area is 110 Å². The van der Waals surface area contributed by atoms with Gasteiger partial charge in [0.2, 0.25) is 0 Å². The fourth-order valence-electron chi connectivity index (χ4n) is 3.40. The smallest absolute Gasteiger partial charge is 0.324 e. The Kier molecular flexibility index (Phi) is 4.62. The number of likely N-dealkylation sites (tertiary alicyclic amines) is 2. The van der Waals surface area contributed by atoms with Gasteiger partial charge in [-0.3, -0.25) is 9.69 Å². The predicted molar refractivity (Wildman–Crippen MR) is 71.8 cm³/mol. The molecule has 2 fully saturated rings. The summed E-state index contributed by atoms with van der Waals surface area (Å²) >= 11 is 0. The quantitative estimate of drug-likeness (QED) is 0.834. The number of carbonyl (C=O) groups is 1. The van der Waals surface area contributed by atoms with Crippen LogP contribution in [0.15, 0.2) is 0 Å². The number of nitrogens with zero attached hydrogens (tertiary/aromatic N) is 2. The number of rotatable bonds is 3. The molecule has 0 aromatic heterocycles. The largest absolute Gasteiger partial charge is 0.480 e. The summed E-state index contributed by atoms with van der Waals surface area (Å²) in [5, 5.41) is 9.73. The molecule has 18 heavy (non-hydrogen) atoms. The van der Waals surface area contributed by atoms with Gasteiger partial charge in [0, 0.05) is 13.1 Å². The first-order chi connectivity index (χ1) is 8.69. The normalized spacial score (nSPS) is 26.7. The Balaban J connectivity index is 2.09. The standard InChI is InChI=1S/C14H26N2O2/c1-2-15-11-7-14(8-12-15,13(17)18)16-9-5-3-4-6-10-16/h2-12H2,1H3,(H,17,18). The molecule has 2 heterocycles. The Morgan fingerprint density at radius 3 is 2.06 bits per heavy atom. The molecule has 0 aliphatic carbocycles. The molecule has 0 aromatic carbocycles. The van der Waals surface area contributed by atoms with Crippen molar-refractivity contribution in [2.75, 3.05) is 32.7 Å². The van der Waals surface area contributed by atoms with E-state index in [4.69, 9.17) is 0 Å². The minimum absolute atomic E-state index is 0.573. The minimum Gasteiger partial charge on any atom is -0.480 e. The number of hydrogen-bond acceptors (Lipinski definition) is 3. The topological polar surface area (TPSA) is 43.8 Å². The summed E-state index contributed by atoms with van der Waals surface area (Å²) in [6.07, 6.45) is 6.41. The van der Waals surface area contributed by atoms with E-state index in [9.17, 15) is 9.90 Å². The zero-order valence-corrected chi connectivity index (χ0v) is 11.5. The molecule has 0 spiro atoms. The maximum atomic E-state index is 11.8. The van der Waals surface area contributed by atoms with E-state index in [1.165, 1.54) is 12.8 Å². The summed E-state index contributed by atoms with van der Waals surface area (Å²) in [7, 11) is 0. The Morgan fingerprint density at radius 1 is 1.06 bits per heavy atom. The highest BCUT2D eigenvalue weighted by atomic mass is 16.4. The maximum Gasteiger partial charge on any atom is 0.324 e. The van der Waals surface area contributed by atoms with E-state index in [0.717, 1.165) is 58.4 Å². The van der Waals surface area contributed by atoms with Crippen LogP contribution in [0.3, 0.4) is 0 Å². The third kappa shape index (κ3) is 2.69. The lowest BCUT2D eigenvalue weighted by molar-refractivity contribution is -0.155. The van der Waals surface area contributed by atoms with Gasteiger partial charge in [-0.15, -0.1) is 0 Å². The van der Waals surface area contributed by atoms with Crippen molar-refractivity contribution >= 4 is 5.97 Å². The van der Waals surface area contributed by atoms with Gasteiger partial charge in [-0.05, 0) is 45.3 Å². The summed E-state index contributed by atoms with van der Waals surface area (Å²) in [6, 6.07) is 0. The molecule has 0 bridgehead atoms. The molecule has 4 heteroatoms. The van der Waals surface area contributed by atoms with Crippen LogP contribution in [0.4, 0.5) is 0 Å². The van der Waals surface area contributed by atoms with Crippen LogP contribution in [0.2, 0.25) is 0 Å². The molecular formula is C14H26N2O2. The molecule has 0 amide bonds. The van der Waals surface area contributed by atoms with Crippen LogP contribution in [-0.4, -0.2) is 59.1 Å². The molecule has 0 atom stereocenters. The van der Waals surface area contributed by atoms with E-state index in [1.807, 2.05) is 0 Å². The highest BCUT2D eigenvalue weighted by Crippen LogP contribution is 2.31. The SMILES string of the molecule is CCN1CCC(C(=O)O)(N2CCCCCC2)CC1. The van der Waals surface area contributed by atoms with Crippen LogP contribution in [0.1, 0.15) is 45.4 Å². The van der Waals surface area contributed by atoms with Gasteiger partial charge in [-0.25, -0.2) is 0 Å². The average molecular weight is 254 g/mol. The first-order valence-electron chi connectivity index (χ1n) is 7.40. The van der Waals surface area contributed by atoms with Crippen LogP contribution in [-0.2, 0) is 4.79 Å². The van der Waals surface area contributed by atoms with Gasteiger partial charge in [0.1, 0.15) is 5.54 Å². The van der Waals surface area contributed by atoms with Gasteiger partial charge in [-0.2, -0.15) is 0 Å². The molecule has 2 aliphatic rings. The first kappa shape index (κ1) is 13.8. The van der Waals surface area contributed by atoms with Crippen molar-refractivity contribution in [3.8, 4) is 0 Å². The molecule has 0 aromatic rings. The van der Waals surface area contributed by atoms with Crippen molar-refractivity contribution in [1.29, 1.82) is 0 Å². The number of aliphatic carboxylic acids is 1. The lowest BCUT2D eigenvalue weighted by atomic mass is 9.85. The van der Waals surface area contributed by atoms with Gasteiger partial charge in [-0.1, -0.05) is 19.8 Å². The molecule has 0 radical (unpaired) electrons. The van der Waals surface area contributed by atoms with Gasteiger partial charge >= 0.3 is 5.97 Å². The van der Waals surface area contributed by atoms with E-state index in [1.54, 1.807) is 0 Å². The summed E-state index contributed by atoms with van der Waals surface area (Å²) in [5.41, 5.74) is -0.573. The van der Waals surface area contributed by atoms with Gasteiger partial charge < -0.3 is 10.0 Å². The van der Waals surface area contributed by atoms with Crippen molar-refractivity contribution in [3.05, 3.63) is 0 Å². The highest BCUT2D eigenvalue weighted by molar-refractivity contribution is 5.79. The van der Waals surface area contributed by atoms with Crippen molar-refractivity contribution in [1.82, 2.24) is 9.80 Å². The van der Waals surface area contributed by atoms with E-state index >= 15 is 0 Å². The van der Waals surface area contributed by atoms with Gasteiger partial charge in [0.15, 0.2) is 0 Å².